The number of anilines is 3. The second-order valence-electron chi connectivity index (χ2n) is 16.3. The molecule has 3 fully saturated rings. The Kier molecular flexibility index (Phi) is 13.6. The number of imidazole rings is 2. The minimum Gasteiger partial charge on any atom is -0.492 e. The number of hydrogen-bond acceptors (Lipinski definition) is 13. The Labute approximate surface area is 387 Å². The molecule has 17 heteroatoms. The highest BCUT2D eigenvalue weighted by atomic mass is 35.5. The molecule has 0 bridgehead atoms. The van der Waals surface area contributed by atoms with E-state index in [1.54, 1.807) is 12.4 Å². The molecule has 2 N–H and O–H groups in total. The zero-order chi connectivity index (χ0) is 44.0. The van der Waals surface area contributed by atoms with Crippen molar-refractivity contribution in [2.75, 3.05) is 122 Å². The van der Waals surface area contributed by atoms with Crippen molar-refractivity contribution in [3.63, 3.8) is 0 Å². The summed E-state index contributed by atoms with van der Waals surface area (Å²) in [6.07, 6.45) is 4.35. The maximum absolute atomic E-state index is 6.65. The molecule has 7 aromatic rings. The second kappa shape index (κ2) is 20.3. The molecule has 0 spiro atoms. The van der Waals surface area contributed by atoms with Crippen molar-refractivity contribution < 1.29 is 23.7 Å². The molecule has 0 saturated carbocycles. The predicted octanol–water partition coefficient (Wildman–Crippen LogP) is 7.51. The van der Waals surface area contributed by atoms with Crippen LogP contribution in [0, 0.1) is 0 Å². The SMILES string of the molecule is Clc1cnc2nc(-c3ccc(OCCN4CCOCC4)cc3)[nH]c2c1N1CCOCC1.Clc1cnc2nc(-c3ccc(OCCN4CCOCC4)cc3)[nH]c2c1N1CCc2ccccc21. The Bertz CT molecular complexity index is 2680. The molecule has 0 atom stereocenters. The number of fused-ring (bicyclic) bond motifs is 3. The van der Waals surface area contributed by atoms with Crippen LogP contribution in [0.4, 0.5) is 17.1 Å². The van der Waals surface area contributed by atoms with Gasteiger partial charge in [-0.2, -0.15) is 0 Å². The van der Waals surface area contributed by atoms with E-state index in [-0.39, 0.29) is 0 Å². The van der Waals surface area contributed by atoms with E-state index in [1.807, 2.05) is 48.5 Å². The molecule has 0 amide bonds. The van der Waals surface area contributed by atoms with Crippen LogP contribution in [0.1, 0.15) is 5.56 Å². The van der Waals surface area contributed by atoms with E-state index in [9.17, 15) is 0 Å². The van der Waals surface area contributed by atoms with E-state index in [2.05, 4.69) is 63.8 Å². The number of nitrogens with zero attached hydrogens (tertiary/aromatic N) is 8. The minimum absolute atomic E-state index is 0.614. The Morgan fingerprint density at radius 2 is 1.03 bits per heavy atom. The van der Waals surface area contributed by atoms with Gasteiger partial charge in [-0.05, 0) is 66.6 Å². The summed E-state index contributed by atoms with van der Waals surface area (Å²) in [5.41, 5.74) is 9.36. The molecule has 4 aliphatic rings. The van der Waals surface area contributed by atoms with Gasteiger partial charge in [0, 0.05) is 75.7 Å². The van der Waals surface area contributed by atoms with Crippen LogP contribution in [0.5, 0.6) is 11.5 Å². The number of para-hydroxylation sites is 1. The van der Waals surface area contributed by atoms with Crippen molar-refractivity contribution in [2.45, 2.75) is 6.42 Å². The average molecular weight is 920 g/mol. The molecule has 11 rings (SSSR count). The van der Waals surface area contributed by atoms with Gasteiger partial charge in [-0.1, -0.05) is 41.4 Å². The average Bonchev–Trinajstić information content (AvgIpc) is 4.11. The van der Waals surface area contributed by atoms with Crippen LogP contribution < -0.4 is 19.3 Å². The molecule has 3 saturated heterocycles. The van der Waals surface area contributed by atoms with Gasteiger partial charge in [-0.3, -0.25) is 9.80 Å². The van der Waals surface area contributed by atoms with Gasteiger partial charge in [0.1, 0.15) is 47.4 Å². The third-order valence-corrected chi connectivity index (χ3v) is 12.7. The molecule has 4 aromatic heterocycles. The summed E-state index contributed by atoms with van der Waals surface area (Å²) in [4.78, 5) is 34.4. The van der Waals surface area contributed by atoms with Crippen LogP contribution in [-0.4, -0.2) is 151 Å². The topological polar surface area (TPSA) is 142 Å². The Balaban J connectivity index is 0.000000154. The molecule has 3 aromatic carbocycles. The number of morpholine rings is 3. The lowest BCUT2D eigenvalue weighted by molar-refractivity contribution is 0.0321. The maximum atomic E-state index is 6.65. The van der Waals surface area contributed by atoms with Gasteiger partial charge in [-0.25, -0.2) is 19.9 Å². The van der Waals surface area contributed by atoms with Crippen molar-refractivity contribution in [2.24, 2.45) is 0 Å². The summed E-state index contributed by atoms with van der Waals surface area (Å²) in [5.74, 6) is 3.23. The van der Waals surface area contributed by atoms with Gasteiger partial charge >= 0.3 is 0 Å². The lowest BCUT2D eigenvalue weighted by Gasteiger charge is -2.29. The lowest BCUT2D eigenvalue weighted by atomic mass is 10.2. The van der Waals surface area contributed by atoms with Crippen LogP contribution in [0.3, 0.4) is 0 Å². The maximum Gasteiger partial charge on any atom is 0.180 e. The molecule has 338 valence electrons. The van der Waals surface area contributed by atoms with E-state index in [0.29, 0.717) is 47.8 Å². The number of rotatable bonds is 12. The highest BCUT2D eigenvalue weighted by molar-refractivity contribution is 6.35. The normalized spacial score (nSPS) is 17.0. The van der Waals surface area contributed by atoms with Gasteiger partial charge in [-0.15, -0.1) is 0 Å². The number of hydrogen-bond donors (Lipinski definition) is 2. The van der Waals surface area contributed by atoms with Crippen LogP contribution in [0.25, 0.3) is 45.1 Å². The van der Waals surface area contributed by atoms with Crippen LogP contribution in [0.15, 0.2) is 85.2 Å². The standard InChI is InChI=1S/C26H26ClN5O2.C22H26ClN5O3/c27-21-17-28-26-23(24(21)32-10-9-18-3-1-2-4-22(18)32)29-25(30-26)19-5-7-20(8-6-19)34-16-13-31-11-14-33-15-12-31;23-18-15-24-22-19(20(18)28-8-12-30-13-9-28)25-21(26-22)16-1-3-17(4-2-16)31-14-7-27-5-10-29-11-6-27/h1-8,17H,9-16H2,(H,28,29,30);1-4,15H,5-14H2,(H,24,25,26). The van der Waals surface area contributed by atoms with E-state index < -0.39 is 0 Å². The van der Waals surface area contributed by atoms with Crippen molar-refractivity contribution in [1.29, 1.82) is 0 Å². The molecule has 4 aliphatic heterocycles. The highest BCUT2D eigenvalue weighted by Gasteiger charge is 2.26. The second-order valence-corrected chi connectivity index (χ2v) is 17.1. The van der Waals surface area contributed by atoms with Crippen molar-refractivity contribution >= 4 is 62.6 Å². The number of nitrogens with one attached hydrogen (secondary N) is 2. The third kappa shape index (κ3) is 10.0. The molecule has 15 nitrogen and oxygen atoms in total. The zero-order valence-corrected chi connectivity index (χ0v) is 37.7. The molecular formula is C48H52Cl2N10O5. The van der Waals surface area contributed by atoms with Gasteiger partial charge in [0.15, 0.2) is 11.3 Å². The molecule has 65 heavy (non-hydrogen) atoms. The number of H-pyrrole nitrogens is 2. The Morgan fingerprint density at radius 1 is 0.554 bits per heavy atom. The summed E-state index contributed by atoms with van der Waals surface area (Å²) in [5, 5.41) is 1.23. The predicted molar refractivity (Wildman–Crippen MR) is 254 cm³/mol. The molecular weight excluding hydrogens is 867 g/mol. The van der Waals surface area contributed by atoms with Crippen molar-refractivity contribution in [3.8, 4) is 34.3 Å². The third-order valence-electron chi connectivity index (χ3n) is 12.2. The first-order chi connectivity index (χ1) is 32.0. The van der Waals surface area contributed by atoms with E-state index in [1.165, 1.54) is 11.3 Å². The molecule has 8 heterocycles. The minimum atomic E-state index is 0.614. The molecule has 0 aliphatic carbocycles. The Hall–Kier alpha value is -5.52. The van der Waals surface area contributed by atoms with Gasteiger partial charge < -0.3 is 43.5 Å². The smallest absolute Gasteiger partial charge is 0.180 e. The quantitative estimate of drug-likeness (QED) is 0.125. The highest BCUT2D eigenvalue weighted by Crippen LogP contribution is 2.42. The molecule has 0 radical (unpaired) electrons. The largest absolute Gasteiger partial charge is 0.492 e. The Morgan fingerprint density at radius 3 is 1.57 bits per heavy atom. The number of benzene rings is 3. The fraction of sp³-hybridized carbons (Fsp3) is 0.375. The van der Waals surface area contributed by atoms with Crippen LogP contribution >= 0.6 is 23.2 Å². The fourth-order valence-corrected chi connectivity index (χ4v) is 9.21. The van der Waals surface area contributed by atoms with Crippen LogP contribution in [-0.2, 0) is 20.6 Å². The lowest BCUT2D eigenvalue weighted by Crippen LogP contribution is -2.38. The number of aromatic nitrogens is 6. The fourth-order valence-electron chi connectivity index (χ4n) is 8.70. The van der Waals surface area contributed by atoms with E-state index >= 15 is 0 Å². The van der Waals surface area contributed by atoms with E-state index in [4.69, 9.17) is 56.9 Å². The summed E-state index contributed by atoms with van der Waals surface area (Å²) in [6.45, 7) is 14.1. The summed E-state index contributed by atoms with van der Waals surface area (Å²) >= 11 is 13.1. The van der Waals surface area contributed by atoms with Gasteiger partial charge in [0.05, 0.1) is 73.5 Å². The molecule has 0 unspecified atom stereocenters. The number of pyridine rings is 2. The summed E-state index contributed by atoms with van der Waals surface area (Å²) in [7, 11) is 0. The van der Waals surface area contributed by atoms with E-state index in [0.717, 1.165) is 148 Å². The summed E-state index contributed by atoms with van der Waals surface area (Å²) < 4.78 is 28.1. The first-order valence-corrected chi connectivity index (χ1v) is 23.1. The van der Waals surface area contributed by atoms with Crippen LogP contribution in [0.2, 0.25) is 10.0 Å². The first kappa shape index (κ1) is 43.4. The zero-order valence-electron chi connectivity index (χ0n) is 36.2. The first-order valence-electron chi connectivity index (χ1n) is 22.4. The van der Waals surface area contributed by atoms with Gasteiger partial charge in [0.2, 0.25) is 0 Å². The van der Waals surface area contributed by atoms with Crippen molar-refractivity contribution in [3.05, 3.63) is 101 Å². The van der Waals surface area contributed by atoms with Gasteiger partial charge in [0.25, 0.3) is 0 Å². The number of ether oxygens (including phenoxy) is 5. The number of aromatic amines is 2. The number of halogens is 2. The van der Waals surface area contributed by atoms with Crippen molar-refractivity contribution in [1.82, 2.24) is 39.7 Å². The monoisotopic (exact) mass is 918 g/mol. The summed E-state index contributed by atoms with van der Waals surface area (Å²) in [6, 6.07) is 24.4.